The molecule has 0 unspecified atom stereocenters. The van der Waals surface area contributed by atoms with Crippen molar-refractivity contribution in [3.05, 3.63) is 157 Å². The molecule has 0 amide bonds. The Morgan fingerprint density at radius 2 is 0.757 bits per heavy atom. The summed E-state index contributed by atoms with van der Waals surface area (Å²) in [4.78, 5) is 26.3. The van der Waals surface area contributed by atoms with Crippen LogP contribution in [0.4, 0.5) is 0 Å². The molecule has 37 heavy (non-hydrogen) atoms. The summed E-state index contributed by atoms with van der Waals surface area (Å²) in [6, 6.07) is 45.7. The summed E-state index contributed by atoms with van der Waals surface area (Å²) in [6.45, 7) is 0. The Bertz CT molecular complexity index is 1370. The van der Waals surface area contributed by atoms with Crippen molar-refractivity contribution in [3.63, 3.8) is 0 Å². The molecule has 0 aliphatic carbocycles. The van der Waals surface area contributed by atoms with Crippen LogP contribution in [0.25, 0.3) is 0 Å². The average Bonchev–Trinajstić information content (AvgIpc) is 2.98. The van der Waals surface area contributed by atoms with E-state index in [2.05, 4.69) is 0 Å². The fourth-order valence-electron chi connectivity index (χ4n) is 5.02. The molecule has 0 spiro atoms. The molecular formula is C32H25O4Sb. The van der Waals surface area contributed by atoms with Crippen LogP contribution in [0.1, 0.15) is 20.7 Å². The minimum atomic E-state index is -5.44. The Balaban J connectivity index is 1.97. The van der Waals surface area contributed by atoms with Crippen molar-refractivity contribution < 1.29 is 17.7 Å². The molecule has 4 nitrogen and oxygen atoms in total. The number of carboxylic acids is 1. The zero-order valence-electron chi connectivity index (χ0n) is 20.0. The van der Waals surface area contributed by atoms with Gasteiger partial charge < -0.3 is 0 Å². The van der Waals surface area contributed by atoms with Crippen molar-refractivity contribution in [2.45, 2.75) is 0 Å². The van der Waals surface area contributed by atoms with Gasteiger partial charge in [0.15, 0.2) is 0 Å². The SMILES string of the molecule is O=C(O)c1ccccc1C(=O)[O][Sb]([c]1ccccc1)([c]1ccccc1)([c]1ccccc1)[c]1ccccc1. The van der Waals surface area contributed by atoms with Crippen LogP contribution in [0.2, 0.25) is 0 Å². The molecular weight excluding hydrogens is 570 g/mol. The predicted molar refractivity (Wildman–Crippen MR) is 149 cm³/mol. The number of carbonyl (C=O) groups excluding carboxylic acids is 1. The second kappa shape index (κ2) is 10.1. The Hall–Kier alpha value is -4.14. The molecule has 5 aromatic carbocycles. The summed E-state index contributed by atoms with van der Waals surface area (Å²) in [7, 11) is 0. The van der Waals surface area contributed by atoms with E-state index in [9.17, 15) is 14.7 Å². The van der Waals surface area contributed by atoms with Crippen LogP contribution in [0, 0.1) is 0 Å². The van der Waals surface area contributed by atoms with Gasteiger partial charge in [0.05, 0.1) is 0 Å². The van der Waals surface area contributed by atoms with Crippen molar-refractivity contribution in [2.75, 3.05) is 0 Å². The number of hydrogen-bond acceptors (Lipinski definition) is 3. The molecule has 0 fully saturated rings. The second-order valence-corrected chi connectivity index (χ2v) is 20.9. The maximum atomic E-state index is 14.2. The maximum absolute atomic E-state index is 14.2. The molecule has 0 bridgehead atoms. The molecule has 0 atom stereocenters. The van der Waals surface area contributed by atoms with E-state index in [-0.39, 0.29) is 11.1 Å². The monoisotopic (exact) mass is 594 g/mol. The summed E-state index contributed by atoms with van der Waals surface area (Å²) in [5, 5.41) is 9.85. The first-order valence-corrected chi connectivity index (χ1v) is 18.0. The Kier molecular flexibility index (Phi) is 6.69. The van der Waals surface area contributed by atoms with Gasteiger partial charge >= 0.3 is 218 Å². The van der Waals surface area contributed by atoms with E-state index in [4.69, 9.17) is 3.02 Å². The number of rotatable bonds is 7. The first kappa shape index (κ1) is 24.5. The topological polar surface area (TPSA) is 63.6 Å². The number of carbonyl (C=O) groups is 2. The molecule has 0 saturated carbocycles. The van der Waals surface area contributed by atoms with Crippen LogP contribution in [0.5, 0.6) is 0 Å². The molecule has 0 radical (unpaired) electrons. The van der Waals surface area contributed by atoms with Crippen LogP contribution in [-0.2, 0) is 3.02 Å². The van der Waals surface area contributed by atoms with Gasteiger partial charge in [0.2, 0.25) is 0 Å². The predicted octanol–water partition coefficient (Wildman–Crippen LogP) is 4.07. The van der Waals surface area contributed by atoms with E-state index < -0.39 is 29.8 Å². The average molecular weight is 595 g/mol. The third kappa shape index (κ3) is 3.94. The van der Waals surface area contributed by atoms with Gasteiger partial charge in [-0.15, -0.1) is 0 Å². The Morgan fingerprint density at radius 3 is 1.08 bits per heavy atom. The van der Waals surface area contributed by atoms with Crippen molar-refractivity contribution in [3.8, 4) is 0 Å². The molecule has 1 N–H and O–H groups in total. The van der Waals surface area contributed by atoms with Crippen LogP contribution in [0.3, 0.4) is 0 Å². The van der Waals surface area contributed by atoms with Gasteiger partial charge in [0.1, 0.15) is 0 Å². The Morgan fingerprint density at radius 1 is 0.459 bits per heavy atom. The van der Waals surface area contributed by atoms with Gasteiger partial charge in [-0.25, -0.2) is 0 Å². The van der Waals surface area contributed by atoms with E-state index in [1.165, 1.54) is 12.1 Å². The third-order valence-corrected chi connectivity index (χ3v) is 22.8. The van der Waals surface area contributed by atoms with E-state index in [1.54, 1.807) is 12.1 Å². The van der Waals surface area contributed by atoms with Gasteiger partial charge in [-0.3, -0.25) is 0 Å². The number of benzene rings is 5. The van der Waals surface area contributed by atoms with Crippen LogP contribution in [-0.4, -0.2) is 34.9 Å². The standard InChI is InChI=1S/C8H6O4.4C6H5.Sb/c9-7(10)5-3-1-2-4-6(5)8(11)12;4*1-2-4-6-5-3-1;/h1-4H,(H,9,10)(H,11,12);4*1-5H;/q;;;;;+1/p-1. The Labute approximate surface area is 217 Å². The van der Waals surface area contributed by atoms with Gasteiger partial charge in [0.25, 0.3) is 0 Å². The van der Waals surface area contributed by atoms with Crippen molar-refractivity contribution in [1.82, 2.24) is 0 Å². The molecule has 0 heterocycles. The molecule has 182 valence electrons. The van der Waals surface area contributed by atoms with Gasteiger partial charge in [-0.1, -0.05) is 0 Å². The first-order valence-electron chi connectivity index (χ1n) is 11.9. The molecule has 0 aliphatic rings. The molecule has 0 saturated heterocycles. The first-order chi connectivity index (χ1) is 18.1. The molecule has 0 aliphatic heterocycles. The molecule has 5 aromatic rings. The minimum absolute atomic E-state index is 0.0203. The second-order valence-electron chi connectivity index (χ2n) is 8.61. The van der Waals surface area contributed by atoms with E-state index in [1.807, 2.05) is 121 Å². The summed E-state index contributed by atoms with van der Waals surface area (Å²) >= 11 is -5.44. The molecule has 0 aromatic heterocycles. The summed E-state index contributed by atoms with van der Waals surface area (Å²) in [5.41, 5.74) is -0.0735. The summed E-state index contributed by atoms with van der Waals surface area (Å²) in [6.07, 6.45) is 0. The van der Waals surface area contributed by atoms with Crippen molar-refractivity contribution >= 4 is 43.8 Å². The van der Waals surface area contributed by atoms with Crippen molar-refractivity contribution in [1.29, 1.82) is 0 Å². The summed E-state index contributed by atoms with van der Waals surface area (Å²) in [5.74, 6) is -1.85. The fourth-order valence-corrected chi connectivity index (χ4v) is 21.0. The van der Waals surface area contributed by atoms with E-state index in [0.717, 1.165) is 14.0 Å². The third-order valence-electron chi connectivity index (χ3n) is 6.64. The number of carboxylic acid groups (broad SMARTS) is 1. The van der Waals surface area contributed by atoms with Crippen LogP contribution >= 0.6 is 0 Å². The fraction of sp³-hybridized carbons (Fsp3) is 0. The van der Waals surface area contributed by atoms with E-state index >= 15 is 0 Å². The zero-order valence-corrected chi connectivity index (χ0v) is 22.5. The van der Waals surface area contributed by atoms with E-state index in [0.29, 0.717) is 0 Å². The van der Waals surface area contributed by atoms with Crippen LogP contribution < -0.4 is 14.0 Å². The molecule has 5 rings (SSSR count). The summed E-state index contributed by atoms with van der Waals surface area (Å²) < 4.78 is 10.7. The zero-order chi connectivity index (χ0) is 25.7. The quantitative estimate of drug-likeness (QED) is 0.289. The van der Waals surface area contributed by atoms with Crippen LogP contribution in [0.15, 0.2) is 146 Å². The van der Waals surface area contributed by atoms with Gasteiger partial charge in [-0.2, -0.15) is 0 Å². The number of hydrogen-bond donors (Lipinski definition) is 1. The normalized spacial score (nSPS) is 12.2. The van der Waals surface area contributed by atoms with Gasteiger partial charge in [0, 0.05) is 0 Å². The van der Waals surface area contributed by atoms with Crippen molar-refractivity contribution in [2.24, 2.45) is 0 Å². The molecule has 5 heteroatoms. The number of aromatic carboxylic acids is 1. The van der Waals surface area contributed by atoms with Gasteiger partial charge in [-0.05, 0) is 0 Å².